The van der Waals surface area contributed by atoms with Crippen molar-refractivity contribution in [1.29, 1.82) is 0 Å². The molecule has 0 fully saturated rings. The molecule has 3 N–H and O–H groups in total. The number of nitrogens with one attached hydrogen (secondary N) is 1. The van der Waals surface area contributed by atoms with Gasteiger partial charge in [0.2, 0.25) is 5.91 Å². The molecule has 3 heteroatoms. The highest BCUT2D eigenvalue weighted by Gasteiger charge is 2.15. The van der Waals surface area contributed by atoms with Gasteiger partial charge in [-0.15, -0.1) is 0 Å². The Morgan fingerprint density at radius 3 is 2.59 bits per heavy atom. The van der Waals surface area contributed by atoms with Gasteiger partial charge in [0.1, 0.15) is 0 Å². The van der Waals surface area contributed by atoms with Crippen LogP contribution in [0, 0.1) is 0 Å². The van der Waals surface area contributed by atoms with E-state index in [-0.39, 0.29) is 18.0 Å². The van der Waals surface area contributed by atoms with E-state index in [0.717, 1.165) is 24.8 Å². The maximum Gasteiger partial charge on any atom is 0.237 e. The fourth-order valence-corrected chi connectivity index (χ4v) is 1.70. The normalized spacial score (nSPS) is 14.1. The number of unbranched alkanes of at least 4 members (excludes halogenated alkanes) is 1. The number of hydrogen-bond acceptors (Lipinski definition) is 2. The van der Waals surface area contributed by atoms with E-state index in [1.165, 1.54) is 0 Å². The van der Waals surface area contributed by atoms with E-state index in [2.05, 4.69) is 12.2 Å². The van der Waals surface area contributed by atoms with E-state index in [4.69, 9.17) is 5.73 Å². The van der Waals surface area contributed by atoms with Crippen LogP contribution in [0.15, 0.2) is 30.3 Å². The summed E-state index contributed by atoms with van der Waals surface area (Å²) in [7, 11) is 0. The quantitative estimate of drug-likeness (QED) is 0.794. The summed E-state index contributed by atoms with van der Waals surface area (Å²) in [6.07, 6.45) is 2.81. The maximum atomic E-state index is 11.8. The zero-order valence-electron chi connectivity index (χ0n) is 10.6. The van der Waals surface area contributed by atoms with Gasteiger partial charge >= 0.3 is 0 Å². The lowest BCUT2D eigenvalue weighted by Crippen LogP contribution is -2.41. The van der Waals surface area contributed by atoms with Crippen molar-refractivity contribution < 1.29 is 4.79 Å². The molecule has 0 radical (unpaired) electrons. The predicted molar refractivity (Wildman–Crippen MR) is 70.5 cm³/mol. The van der Waals surface area contributed by atoms with Crippen molar-refractivity contribution in [2.24, 2.45) is 5.73 Å². The van der Waals surface area contributed by atoms with Crippen LogP contribution >= 0.6 is 0 Å². The third kappa shape index (κ3) is 4.57. The Kier molecular flexibility index (Phi) is 5.70. The van der Waals surface area contributed by atoms with Gasteiger partial charge in [0, 0.05) is 0 Å². The Bertz CT molecular complexity index is 337. The molecule has 0 saturated carbocycles. The van der Waals surface area contributed by atoms with Crippen LogP contribution < -0.4 is 11.1 Å². The number of carbonyl (C=O) groups excluding carboxylic acids is 1. The van der Waals surface area contributed by atoms with Crippen molar-refractivity contribution in [3.05, 3.63) is 35.9 Å². The fraction of sp³-hybridized carbons (Fsp3) is 0.500. The molecule has 17 heavy (non-hydrogen) atoms. The van der Waals surface area contributed by atoms with Crippen LogP contribution in [0.5, 0.6) is 0 Å². The molecule has 1 aromatic rings. The number of carbonyl (C=O) groups is 1. The number of amides is 1. The van der Waals surface area contributed by atoms with Crippen molar-refractivity contribution >= 4 is 5.91 Å². The molecule has 0 saturated heterocycles. The van der Waals surface area contributed by atoms with Crippen molar-refractivity contribution in [1.82, 2.24) is 5.32 Å². The smallest absolute Gasteiger partial charge is 0.237 e. The van der Waals surface area contributed by atoms with Gasteiger partial charge in [0.05, 0.1) is 12.1 Å². The van der Waals surface area contributed by atoms with Gasteiger partial charge in [0.25, 0.3) is 0 Å². The zero-order valence-corrected chi connectivity index (χ0v) is 10.6. The molecule has 0 heterocycles. The van der Waals surface area contributed by atoms with Crippen molar-refractivity contribution in [3.8, 4) is 0 Å². The number of nitrogens with two attached hydrogens (primary N) is 1. The van der Waals surface area contributed by atoms with Crippen LogP contribution in [-0.2, 0) is 4.79 Å². The van der Waals surface area contributed by atoms with Crippen LogP contribution in [0.4, 0.5) is 0 Å². The lowest BCUT2D eigenvalue weighted by molar-refractivity contribution is -0.123. The summed E-state index contributed by atoms with van der Waals surface area (Å²) in [5.41, 5.74) is 6.92. The molecule has 1 aromatic carbocycles. The molecule has 0 aliphatic heterocycles. The van der Waals surface area contributed by atoms with Crippen molar-refractivity contribution in [2.45, 2.75) is 45.2 Å². The van der Waals surface area contributed by atoms with Gasteiger partial charge in [-0.2, -0.15) is 0 Å². The molecule has 0 aliphatic rings. The van der Waals surface area contributed by atoms with Crippen molar-refractivity contribution in [3.63, 3.8) is 0 Å². The first-order valence-electron chi connectivity index (χ1n) is 6.26. The Labute approximate surface area is 103 Å². The van der Waals surface area contributed by atoms with Gasteiger partial charge in [-0.1, -0.05) is 50.1 Å². The summed E-state index contributed by atoms with van der Waals surface area (Å²) < 4.78 is 0. The molecule has 3 nitrogen and oxygen atoms in total. The highest BCUT2D eigenvalue weighted by molar-refractivity contribution is 5.81. The largest absolute Gasteiger partial charge is 0.348 e. The van der Waals surface area contributed by atoms with Gasteiger partial charge < -0.3 is 11.1 Å². The summed E-state index contributed by atoms with van der Waals surface area (Å²) in [5, 5.41) is 2.94. The molecule has 2 atom stereocenters. The Morgan fingerprint density at radius 2 is 2.00 bits per heavy atom. The number of benzene rings is 1. The standard InChI is InChI=1S/C14H22N2O/c1-3-4-10-13(15)14(17)16-11(2)12-8-6-5-7-9-12/h5-9,11,13H,3-4,10,15H2,1-2H3,(H,16,17)/t11-,13?/m1/s1. The second-order valence-electron chi connectivity index (χ2n) is 4.39. The number of hydrogen-bond donors (Lipinski definition) is 2. The summed E-state index contributed by atoms with van der Waals surface area (Å²) in [4.78, 5) is 11.8. The van der Waals surface area contributed by atoms with Crippen molar-refractivity contribution in [2.75, 3.05) is 0 Å². The third-order valence-corrected chi connectivity index (χ3v) is 2.86. The Hall–Kier alpha value is -1.35. The third-order valence-electron chi connectivity index (χ3n) is 2.86. The van der Waals surface area contributed by atoms with Crippen LogP contribution in [0.2, 0.25) is 0 Å². The SMILES string of the molecule is CCCCC(N)C(=O)N[C@H](C)c1ccccc1. The summed E-state index contributed by atoms with van der Waals surface area (Å²) in [6.45, 7) is 4.07. The Balaban J connectivity index is 2.46. The van der Waals surface area contributed by atoms with E-state index >= 15 is 0 Å². The average Bonchev–Trinajstić information content (AvgIpc) is 2.36. The molecule has 1 unspecified atom stereocenters. The lowest BCUT2D eigenvalue weighted by atomic mass is 10.1. The van der Waals surface area contributed by atoms with Crippen LogP contribution in [0.1, 0.15) is 44.7 Å². The van der Waals surface area contributed by atoms with Crippen LogP contribution in [0.25, 0.3) is 0 Å². The minimum absolute atomic E-state index is 0.0105. The first-order chi connectivity index (χ1) is 8.15. The number of rotatable bonds is 6. The molecule has 0 aliphatic carbocycles. The molecule has 94 valence electrons. The van der Waals surface area contributed by atoms with Crippen LogP contribution in [-0.4, -0.2) is 11.9 Å². The maximum absolute atomic E-state index is 11.8. The molecule has 0 aromatic heterocycles. The zero-order chi connectivity index (χ0) is 12.7. The van der Waals surface area contributed by atoms with Gasteiger partial charge in [-0.25, -0.2) is 0 Å². The average molecular weight is 234 g/mol. The monoisotopic (exact) mass is 234 g/mol. The van der Waals surface area contributed by atoms with E-state index in [9.17, 15) is 4.79 Å². The van der Waals surface area contributed by atoms with E-state index in [0.29, 0.717) is 0 Å². The molecular formula is C14H22N2O. The Morgan fingerprint density at radius 1 is 1.35 bits per heavy atom. The summed E-state index contributed by atoms with van der Waals surface area (Å²) in [5.74, 6) is -0.0604. The molecule has 0 spiro atoms. The van der Waals surface area contributed by atoms with Crippen LogP contribution in [0.3, 0.4) is 0 Å². The second-order valence-corrected chi connectivity index (χ2v) is 4.39. The molecular weight excluding hydrogens is 212 g/mol. The minimum atomic E-state index is -0.388. The molecule has 0 bridgehead atoms. The minimum Gasteiger partial charge on any atom is -0.348 e. The molecule has 1 amide bonds. The second kappa shape index (κ2) is 7.07. The fourth-order valence-electron chi connectivity index (χ4n) is 1.70. The topological polar surface area (TPSA) is 55.1 Å². The van der Waals surface area contributed by atoms with Gasteiger partial charge in [-0.05, 0) is 18.9 Å². The predicted octanol–water partition coefficient (Wildman–Crippen LogP) is 2.38. The summed E-state index contributed by atoms with van der Waals surface area (Å²) in [6, 6.07) is 9.53. The van der Waals surface area contributed by atoms with E-state index in [1.807, 2.05) is 37.3 Å². The van der Waals surface area contributed by atoms with Gasteiger partial charge in [0.15, 0.2) is 0 Å². The van der Waals surface area contributed by atoms with Gasteiger partial charge in [-0.3, -0.25) is 4.79 Å². The highest BCUT2D eigenvalue weighted by Crippen LogP contribution is 2.11. The highest BCUT2D eigenvalue weighted by atomic mass is 16.2. The lowest BCUT2D eigenvalue weighted by Gasteiger charge is -2.17. The van der Waals surface area contributed by atoms with E-state index in [1.54, 1.807) is 0 Å². The first-order valence-corrected chi connectivity index (χ1v) is 6.26. The summed E-state index contributed by atoms with van der Waals surface area (Å²) >= 11 is 0. The molecule has 1 rings (SSSR count). The van der Waals surface area contributed by atoms with E-state index < -0.39 is 0 Å². The first kappa shape index (κ1) is 13.7.